The Morgan fingerprint density at radius 1 is 0.846 bits per heavy atom. The van der Waals surface area contributed by atoms with Crippen molar-refractivity contribution in [1.82, 2.24) is 9.97 Å². The summed E-state index contributed by atoms with van der Waals surface area (Å²) >= 11 is 0. The van der Waals surface area contributed by atoms with Crippen LogP contribution >= 0.6 is 0 Å². The second-order valence-corrected chi connectivity index (χ2v) is 5.19. The van der Waals surface area contributed by atoms with Crippen LogP contribution in [0.4, 0.5) is 45.1 Å². The highest BCUT2D eigenvalue weighted by Crippen LogP contribution is 2.35. The van der Waals surface area contributed by atoms with Gasteiger partial charge in [0.1, 0.15) is 5.82 Å². The summed E-state index contributed by atoms with van der Waals surface area (Å²) in [7, 11) is 0. The van der Waals surface area contributed by atoms with Crippen LogP contribution in [-0.4, -0.2) is 9.97 Å². The lowest BCUT2D eigenvalue weighted by Crippen LogP contribution is -2.09. The highest BCUT2D eigenvalue weighted by Gasteiger charge is 2.33. The first-order chi connectivity index (χ1) is 12.3. The average molecular weight is 366 g/mol. The molecule has 0 fully saturated rings. The first kappa shape index (κ1) is 17.6. The van der Waals surface area contributed by atoms with Gasteiger partial charge >= 0.3 is 6.18 Å². The fourth-order valence-corrected chi connectivity index (χ4v) is 2.17. The van der Waals surface area contributed by atoms with Gasteiger partial charge in [-0.25, -0.2) is 13.8 Å². The molecule has 0 atom stereocenters. The maximum Gasteiger partial charge on any atom is 0.418 e. The molecule has 0 aliphatic heterocycles. The fourth-order valence-electron chi connectivity index (χ4n) is 2.17. The van der Waals surface area contributed by atoms with Gasteiger partial charge in [0, 0.05) is 18.0 Å². The van der Waals surface area contributed by atoms with Crippen molar-refractivity contribution in [2.75, 3.05) is 10.6 Å². The van der Waals surface area contributed by atoms with Crippen molar-refractivity contribution in [3.05, 3.63) is 71.9 Å². The van der Waals surface area contributed by atoms with Gasteiger partial charge in [-0.15, -0.1) is 0 Å². The number of rotatable bonds is 4. The molecule has 0 aliphatic rings. The minimum absolute atomic E-state index is 0.00509. The molecule has 0 saturated carbocycles. The number of hydrogen-bond acceptors (Lipinski definition) is 4. The lowest BCUT2D eigenvalue weighted by Gasteiger charge is -2.14. The van der Waals surface area contributed by atoms with Gasteiger partial charge in [-0.3, -0.25) is 0 Å². The van der Waals surface area contributed by atoms with E-state index in [0.717, 1.165) is 18.2 Å². The van der Waals surface area contributed by atoms with Crippen molar-refractivity contribution in [3.63, 3.8) is 0 Å². The SMILES string of the molecule is Fc1ccc(Nc2nccc(Nc3ccccc3C(F)(F)F)n2)cc1F. The molecule has 26 heavy (non-hydrogen) atoms. The van der Waals surface area contributed by atoms with E-state index in [4.69, 9.17) is 0 Å². The predicted molar refractivity (Wildman–Crippen MR) is 86.4 cm³/mol. The minimum Gasteiger partial charge on any atom is -0.340 e. The van der Waals surface area contributed by atoms with Crippen LogP contribution < -0.4 is 10.6 Å². The molecule has 3 aromatic rings. The lowest BCUT2D eigenvalue weighted by atomic mass is 10.1. The van der Waals surface area contributed by atoms with Crippen LogP contribution in [0.3, 0.4) is 0 Å². The third kappa shape index (κ3) is 4.05. The fraction of sp³-hybridized carbons (Fsp3) is 0.0588. The molecule has 1 heterocycles. The van der Waals surface area contributed by atoms with Crippen molar-refractivity contribution in [1.29, 1.82) is 0 Å². The Bertz CT molecular complexity index is 927. The molecule has 1 aromatic heterocycles. The van der Waals surface area contributed by atoms with E-state index in [0.29, 0.717) is 0 Å². The van der Waals surface area contributed by atoms with E-state index >= 15 is 0 Å². The van der Waals surface area contributed by atoms with Gasteiger partial charge < -0.3 is 10.6 Å². The Hall–Kier alpha value is -3.23. The molecule has 0 bridgehead atoms. The van der Waals surface area contributed by atoms with Crippen LogP contribution in [0, 0.1) is 11.6 Å². The van der Waals surface area contributed by atoms with E-state index in [1.165, 1.54) is 36.5 Å². The molecule has 2 N–H and O–H groups in total. The molecule has 0 spiro atoms. The van der Waals surface area contributed by atoms with E-state index in [9.17, 15) is 22.0 Å². The monoisotopic (exact) mass is 366 g/mol. The Kier molecular flexibility index (Phi) is 4.70. The topological polar surface area (TPSA) is 49.8 Å². The Labute approximate surface area is 144 Å². The number of aromatic nitrogens is 2. The normalized spacial score (nSPS) is 11.3. The van der Waals surface area contributed by atoms with Crippen LogP contribution in [0.15, 0.2) is 54.7 Å². The Balaban J connectivity index is 1.83. The highest BCUT2D eigenvalue weighted by atomic mass is 19.4. The zero-order chi connectivity index (χ0) is 18.7. The van der Waals surface area contributed by atoms with Crippen LogP contribution in [0.1, 0.15) is 5.56 Å². The van der Waals surface area contributed by atoms with Crippen LogP contribution in [-0.2, 0) is 6.18 Å². The number of alkyl halides is 3. The maximum atomic E-state index is 13.2. The number of anilines is 4. The number of para-hydroxylation sites is 1. The number of nitrogens with zero attached hydrogens (tertiary/aromatic N) is 2. The molecule has 9 heteroatoms. The largest absolute Gasteiger partial charge is 0.418 e. The van der Waals surface area contributed by atoms with Crippen molar-refractivity contribution in [2.45, 2.75) is 6.18 Å². The molecule has 0 saturated heterocycles. The van der Waals surface area contributed by atoms with Gasteiger partial charge in [0.2, 0.25) is 5.95 Å². The van der Waals surface area contributed by atoms with Crippen LogP contribution in [0.5, 0.6) is 0 Å². The van der Waals surface area contributed by atoms with Crippen molar-refractivity contribution >= 4 is 23.1 Å². The summed E-state index contributed by atoms with van der Waals surface area (Å²) in [5.41, 5.74) is -0.817. The summed E-state index contributed by atoms with van der Waals surface area (Å²) in [5.74, 6) is -1.95. The maximum absolute atomic E-state index is 13.2. The second-order valence-electron chi connectivity index (χ2n) is 5.19. The molecular formula is C17H11F5N4. The number of benzene rings is 2. The number of nitrogens with one attached hydrogen (secondary N) is 2. The first-order valence-corrected chi connectivity index (χ1v) is 7.31. The Morgan fingerprint density at radius 2 is 1.62 bits per heavy atom. The molecule has 134 valence electrons. The third-order valence-corrected chi connectivity index (χ3v) is 3.33. The summed E-state index contributed by atoms with van der Waals surface area (Å²) in [6.07, 6.45) is -3.21. The number of hydrogen-bond donors (Lipinski definition) is 2. The smallest absolute Gasteiger partial charge is 0.340 e. The van der Waals surface area contributed by atoms with Gasteiger partial charge in [-0.05, 0) is 30.3 Å². The summed E-state index contributed by atoms with van der Waals surface area (Å²) < 4.78 is 65.3. The second kappa shape index (κ2) is 6.95. The summed E-state index contributed by atoms with van der Waals surface area (Å²) in [4.78, 5) is 7.92. The van der Waals surface area contributed by atoms with Crippen molar-refractivity contribution in [2.24, 2.45) is 0 Å². The molecule has 0 aliphatic carbocycles. The molecule has 4 nitrogen and oxygen atoms in total. The molecule has 3 rings (SSSR count). The van der Waals surface area contributed by atoms with Gasteiger partial charge in [0.15, 0.2) is 11.6 Å². The van der Waals surface area contributed by atoms with Crippen LogP contribution in [0.25, 0.3) is 0 Å². The third-order valence-electron chi connectivity index (χ3n) is 3.33. The minimum atomic E-state index is -4.52. The van der Waals surface area contributed by atoms with E-state index in [2.05, 4.69) is 20.6 Å². The quantitative estimate of drug-likeness (QED) is 0.619. The van der Waals surface area contributed by atoms with Gasteiger partial charge in [0.05, 0.1) is 11.3 Å². The molecule has 0 radical (unpaired) electrons. The van der Waals surface area contributed by atoms with Gasteiger partial charge in [-0.2, -0.15) is 18.2 Å². The van der Waals surface area contributed by atoms with Crippen molar-refractivity contribution in [3.8, 4) is 0 Å². The molecule has 0 unspecified atom stereocenters. The molecular weight excluding hydrogens is 355 g/mol. The lowest BCUT2D eigenvalue weighted by molar-refractivity contribution is -0.136. The Morgan fingerprint density at radius 3 is 2.35 bits per heavy atom. The molecule has 2 aromatic carbocycles. The van der Waals surface area contributed by atoms with Gasteiger partial charge in [0.25, 0.3) is 0 Å². The van der Waals surface area contributed by atoms with E-state index in [-0.39, 0.29) is 23.1 Å². The van der Waals surface area contributed by atoms with Gasteiger partial charge in [-0.1, -0.05) is 12.1 Å². The zero-order valence-electron chi connectivity index (χ0n) is 13.0. The predicted octanol–water partition coefficient (Wildman–Crippen LogP) is 5.26. The zero-order valence-corrected chi connectivity index (χ0v) is 13.0. The summed E-state index contributed by atoms with van der Waals surface area (Å²) in [6.45, 7) is 0. The van der Waals surface area contributed by atoms with Crippen molar-refractivity contribution < 1.29 is 22.0 Å². The first-order valence-electron chi connectivity index (χ1n) is 7.31. The highest BCUT2D eigenvalue weighted by molar-refractivity contribution is 5.63. The molecule has 0 amide bonds. The van der Waals surface area contributed by atoms with E-state index in [1.807, 2.05) is 0 Å². The van der Waals surface area contributed by atoms with Crippen LogP contribution in [0.2, 0.25) is 0 Å². The van der Waals surface area contributed by atoms with E-state index < -0.39 is 23.4 Å². The summed E-state index contributed by atoms with van der Waals surface area (Å²) in [6, 6.07) is 9.46. The average Bonchev–Trinajstić information content (AvgIpc) is 2.58. The number of halogens is 5. The summed E-state index contributed by atoms with van der Waals surface area (Å²) in [5, 5.41) is 5.23. The standard InChI is InChI=1S/C17H11F5N4/c18-12-6-5-10(9-13(12)19)24-16-23-8-7-15(26-16)25-14-4-2-1-3-11(14)17(20,21)22/h1-9H,(H2,23,24,25,26). The van der Waals surface area contributed by atoms with E-state index in [1.54, 1.807) is 0 Å².